The van der Waals surface area contributed by atoms with Gasteiger partial charge in [0.05, 0.1) is 0 Å². The van der Waals surface area contributed by atoms with Crippen molar-refractivity contribution < 1.29 is 0 Å². The summed E-state index contributed by atoms with van der Waals surface area (Å²) >= 11 is 0. The van der Waals surface area contributed by atoms with Crippen LogP contribution >= 0.6 is 0 Å². The van der Waals surface area contributed by atoms with E-state index < -0.39 is 0 Å². The van der Waals surface area contributed by atoms with E-state index in [0.717, 1.165) is 53.8 Å². The lowest BCUT2D eigenvalue weighted by molar-refractivity contribution is -0.0529. The summed E-state index contributed by atoms with van der Waals surface area (Å²) in [5.74, 6) is 7.59. The molecule has 356 valence electrons. The maximum Gasteiger partial charge on any atom is 0.000356 e. The Morgan fingerprint density at radius 3 is 1.87 bits per heavy atom. The van der Waals surface area contributed by atoms with Gasteiger partial charge in [-0.15, -0.1) is 0 Å². The minimum absolute atomic E-state index is 0.521. The number of hydrogen-bond donors (Lipinski definition) is 0. The molecule has 4 aliphatic rings. The molecular formula is C60H111N. The van der Waals surface area contributed by atoms with E-state index in [1.165, 1.54) is 212 Å². The van der Waals surface area contributed by atoms with Gasteiger partial charge in [0.25, 0.3) is 0 Å². The SMILES string of the molecule is CC.CCCCC/C=C\C/C=C\CCCCCCCCCCC(CCCCCCC[C@H]1CC[C@@]2(C)C(=CCC3C4CCC(C(C)CCCC(C)C)[C@@]4(C)CCC32)C1)CN(C)C. The molecular weight excluding hydrogens is 735 g/mol. The second-order valence-electron chi connectivity index (χ2n) is 23.0. The monoisotopic (exact) mass is 846 g/mol. The predicted octanol–water partition coefficient (Wildman–Crippen LogP) is 19.6. The van der Waals surface area contributed by atoms with Crippen LogP contribution in [0.1, 0.15) is 267 Å². The lowest BCUT2D eigenvalue weighted by atomic mass is 9.46. The minimum atomic E-state index is 0.521. The number of nitrogens with zero attached hydrogens (tertiary/aromatic N) is 1. The lowest BCUT2D eigenvalue weighted by Crippen LogP contribution is -2.50. The van der Waals surface area contributed by atoms with Crippen LogP contribution in [-0.4, -0.2) is 25.5 Å². The van der Waals surface area contributed by atoms with Crippen molar-refractivity contribution in [3.05, 3.63) is 36.0 Å². The van der Waals surface area contributed by atoms with Crippen LogP contribution in [0.15, 0.2) is 36.0 Å². The van der Waals surface area contributed by atoms with Crippen molar-refractivity contribution >= 4 is 0 Å². The Bertz CT molecular complexity index is 1170. The van der Waals surface area contributed by atoms with Crippen LogP contribution in [0.3, 0.4) is 0 Å². The van der Waals surface area contributed by atoms with E-state index in [1.54, 1.807) is 0 Å². The predicted molar refractivity (Wildman–Crippen MR) is 275 cm³/mol. The van der Waals surface area contributed by atoms with E-state index in [1.807, 2.05) is 19.4 Å². The maximum atomic E-state index is 2.85. The first kappa shape index (κ1) is 54.5. The van der Waals surface area contributed by atoms with Gasteiger partial charge in [-0.3, -0.25) is 0 Å². The molecule has 0 bridgehead atoms. The number of allylic oxidation sites excluding steroid dienone is 6. The Kier molecular flexibility index (Phi) is 27.8. The molecule has 0 heterocycles. The molecule has 61 heavy (non-hydrogen) atoms. The number of rotatable bonds is 32. The van der Waals surface area contributed by atoms with Gasteiger partial charge in [0.2, 0.25) is 0 Å². The van der Waals surface area contributed by atoms with Crippen LogP contribution in [0.2, 0.25) is 0 Å². The molecule has 6 unspecified atom stereocenters. The molecule has 4 aliphatic carbocycles. The largest absolute Gasteiger partial charge is 0.309 e. The summed E-state index contributed by atoms with van der Waals surface area (Å²) in [7, 11) is 4.58. The zero-order valence-corrected chi connectivity index (χ0v) is 43.5. The van der Waals surface area contributed by atoms with E-state index >= 15 is 0 Å². The lowest BCUT2D eigenvalue weighted by Gasteiger charge is -2.58. The van der Waals surface area contributed by atoms with E-state index in [4.69, 9.17) is 0 Å². The molecule has 3 saturated carbocycles. The zero-order valence-electron chi connectivity index (χ0n) is 43.5. The molecule has 3 fully saturated rings. The molecule has 0 aromatic carbocycles. The van der Waals surface area contributed by atoms with Crippen LogP contribution < -0.4 is 0 Å². The van der Waals surface area contributed by atoms with Crippen molar-refractivity contribution in [3.8, 4) is 0 Å². The van der Waals surface area contributed by atoms with Gasteiger partial charge in [0.1, 0.15) is 0 Å². The van der Waals surface area contributed by atoms with Gasteiger partial charge in [-0.2, -0.15) is 0 Å². The van der Waals surface area contributed by atoms with Gasteiger partial charge in [-0.05, 0) is 169 Å². The summed E-state index contributed by atoms with van der Waals surface area (Å²) < 4.78 is 0. The average molecular weight is 847 g/mol. The third-order valence-electron chi connectivity index (χ3n) is 17.6. The fourth-order valence-corrected chi connectivity index (χ4v) is 14.0. The van der Waals surface area contributed by atoms with Gasteiger partial charge in [-0.25, -0.2) is 0 Å². The Morgan fingerprint density at radius 2 is 1.25 bits per heavy atom. The molecule has 0 N–H and O–H groups in total. The third-order valence-corrected chi connectivity index (χ3v) is 17.6. The zero-order chi connectivity index (χ0) is 44.4. The highest BCUT2D eigenvalue weighted by Crippen LogP contribution is 2.67. The quantitative estimate of drug-likeness (QED) is 0.0482. The average Bonchev–Trinajstić information content (AvgIpc) is 3.60. The first-order valence-electron chi connectivity index (χ1n) is 28.2. The fourth-order valence-electron chi connectivity index (χ4n) is 14.0. The van der Waals surface area contributed by atoms with Crippen molar-refractivity contribution in [2.24, 2.45) is 58.2 Å². The highest BCUT2D eigenvalue weighted by Gasteiger charge is 2.59. The molecule has 9 atom stereocenters. The van der Waals surface area contributed by atoms with Crippen molar-refractivity contribution in [1.29, 1.82) is 0 Å². The van der Waals surface area contributed by atoms with Crippen molar-refractivity contribution in [3.63, 3.8) is 0 Å². The van der Waals surface area contributed by atoms with Crippen LogP contribution in [0.5, 0.6) is 0 Å². The molecule has 4 rings (SSSR count). The van der Waals surface area contributed by atoms with Crippen molar-refractivity contribution in [2.45, 2.75) is 267 Å². The van der Waals surface area contributed by atoms with Gasteiger partial charge >= 0.3 is 0 Å². The number of hydrogen-bond acceptors (Lipinski definition) is 1. The van der Waals surface area contributed by atoms with Crippen molar-refractivity contribution in [1.82, 2.24) is 4.90 Å². The smallest absolute Gasteiger partial charge is 0.000356 e. The van der Waals surface area contributed by atoms with E-state index in [-0.39, 0.29) is 0 Å². The standard InChI is InChI=1S/C58H105N.C2H6/c1-9-10-11-12-13-14-15-16-17-18-19-20-21-22-23-24-26-30-36-51(47-59(7)8)37-31-28-25-27-29-35-50-42-44-57(5)52(46-50)38-39-53-55-41-40-54(49(4)34-32-33-48(2)3)58(55,6)45-43-56(53)57;1-2/h13-14,16-17,38,48-51,53-56H,9-12,15,18-37,39-47H2,1-8H3;1-2H3/b14-13-,17-16-;/t49?,50-,51?,53?,54?,55?,56?,57-,58+;/m0./s1. The summed E-state index contributed by atoms with van der Waals surface area (Å²) in [6.07, 6.45) is 59.6. The molecule has 1 nitrogen and oxygen atoms in total. The van der Waals surface area contributed by atoms with E-state index in [0.29, 0.717) is 10.8 Å². The third kappa shape index (κ3) is 18.9. The van der Waals surface area contributed by atoms with E-state index in [9.17, 15) is 0 Å². The molecule has 0 radical (unpaired) electrons. The van der Waals surface area contributed by atoms with Crippen LogP contribution in [0.4, 0.5) is 0 Å². The first-order chi connectivity index (χ1) is 29.6. The Balaban J connectivity index is 0.00000489. The Hall–Kier alpha value is -0.820. The molecule has 0 spiro atoms. The highest BCUT2D eigenvalue weighted by molar-refractivity contribution is 5.25. The Labute approximate surface area is 385 Å². The Morgan fingerprint density at radius 1 is 0.639 bits per heavy atom. The second kappa shape index (κ2) is 31.2. The molecule has 0 aromatic heterocycles. The molecule has 1 heteroatoms. The first-order valence-corrected chi connectivity index (χ1v) is 28.2. The van der Waals surface area contributed by atoms with Gasteiger partial charge in [0.15, 0.2) is 0 Å². The normalized spacial score (nSPS) is 28.5. The summed E-state index contributed by atoms with van der Waals surface area (Å²) in [4.78, 5) is 2.45. The molecule has 0 saturated heterocycles. The minimum Gasteiger partial charge on any atom is -0.309 e. The van der Waals surface area contributed by atoms with Gasteiger partial charge in [-0.1, -0.05) is 207 Å². The highest BCUT2D eigenvalue weighted by atomic mass is 15.1. The molecule has 0 aromatic rings. The van der Waals surface area contributed by atoms with Crippen LogP contribution in [-0.2, 0) is 0 Å². The molecule has 0 amide bonds. The summed E-state index contributed by atoms with van der Waals surface area (Å²) in [6, 6.07) is 0. The maximum absolute atomic E-state index is 2.85. The summed E-state index contributed by atoms with van der Waals surface area (Å²) in [6.45, 7) is 20.5. The van der Waals surface area contributed by atoms with Crippen LogP contribution in [0.25, 0.3) is 0 Å². The topological polar surface area (TPSA) is 3.24 Å². The number of unbranched alkanes of at least 4 members (excludes halogenated alkanes) is 15. The number of fused-ring (bicyclic) bond motifs is 5. The van der Waals surface area contributed by atoms with Crippen molar-refractivity contribution in [2.75, 3.05) is 20.6 Å². The van der Waals surface area contributed by atoms with E-state index in [2.05, 4.69) is 90.9 Å². The second-order valence-corrected chi connectivity index (χ2v) is 23.0. The van der Waals surface area contributed by atoms with Gasteiger partial charge < -0.3 is 4.90 Å². The van der Waals surface area contributed by atoms with Gasteiger partial charge in [0, 0.05) is 6.54 Å². The molecule has 0 aliphatic heterocycles. The van der Waals surface area contributed by atoms with Crippen LogP contribution in [0, 0.1) is 58.2 Å². The summed E-state index contributed by atoms with van der Waals surface area (Å²) in [5.41, 5.74) is 3.06. The fraction of sp³-hybridized carbons (Fsp3) is 0.900. The summed E-state index contributed by atoms with van der Waals surface area (Å²) in [5, 5.41) is 0.